The Morgan fingerprint density at radius 1 is 0.769 bits per heavy atom. The number of benzene rings is 3. The molecular weight excluding hydrogens is 350 g/mol. The number of aromatic hydroxyl groups is 1. The van der Waals surface area contributed by atoms with Crippen molar-refractivity contribution in [1.82, 2.24) is 0 Å². The molecule has 5 heteroatoms. The van der Waals surface area contributed by atoms with E-state index in [2.05, 4.69) is 0 Å². The van der Waals surface area contributed by atoms with Crippen molar-refractivity contribution in [2.75, 3.05) is 4.90 Å². The molecule has 0 saturated heterocycles. The molecular formula is C21H14ClNO3. The van der Waals surface area contributed by atoms with Gasteiger partial charge in [-0.1, -0.05) is 54.1 Å². The normalized spacial score (nSPS) is 13.2. The molecule has 26 heavy (non-hydrogen) atoms. The van der Waals surface area contributed by atoms with Crippen LogP contribution in [0.25, 0.3) is 11.1 Å². The lowest BCUT2D eigenvalue weighted by Crippen LogP contribution is -2.30. The van der Waals surface area contributed by atoms with Gasteiger partial charge in [0.1, 0.15) is 5.75 Å². The van der Waals surface area contributed by atoms with Gasteiger partial charge in [-0.2, -0.15) is 0 Å². The van der Waals surface area contributed by atoms with Gasteiger partial charge in [0.05, 0.1) is 21.8 Å². The molecule has 1 heterocycles. The first-order valence-corrected chi connectivity index (χ1v) is 8.44. The largest absolute Gasteiger partial charge is 0.507 e. The van der Waals surface area contributed by atoms with Gasteiger partial charge < -0.3 is 5.11 Å². The lowest BCUT2D eigenvalue weighted by atomic mass is 9.99. The van der Waals surface area contributed by atoms with Crippen molar-refractivity contribution in [2.45, 2.75) is 6.92 Å². The van der Waals surface area contributed by atoms with Crippen molar-refractivity contribution < 1.29 is 14.7 Å². The zero-order valence-corrected chi connectivity index (χ0v) is 14.6. The molecule has 0 unspecified atom stereocenters. The summed E-state index contributed by atoms with van der Waals surface area (Å²) in [7, 11) is 0. The molecule has 1 N–H and O–H groups in total. The number of amides is 2. The number of fused-ring (bicyclic) bond motifs is 1. The molecule has 2 amide bonds. The number of carbonyl (C=O) groups is 2. The van der Waals surface area contributed by atoms with Crippen molar-refractivity contribution >= 4 is 29.1 Å². The van der Waals surface area contributed by atoms with Crippen LogP contribution in [-0.4, -0.2) is 16.9 Å². The van der Waals surface area contributed by atoms with Crippen LogP contribution in [-0.2, 0) is 0 Å². The quantitative estimate of drug-likeness (QED) is 0.664. The van der Waals surface area contributed by atoms with Crippen LogP contribution in [0.5, 0.6) is 5.75 Å². The van der Waals surface area contributed by atoms with Gasteiger partial charge in [0, 0.05) is 11.1 Å². The van der Waals surface area contributed by atoms with Crippen LogP contribution in [0.1, 0.15) is 26.3 Å². The number of imide groups is 1. The summed E-state index contributed by atoms with van der Waals surface area (Å²) in [4.78, 5) is 26.8. The Kier molecular flexibility index (Phi) is 3.78. The molecule has 1 aliphatic heterocycles. The maximum Gasteiger partial charge on any atom is 0.266 e. The molecule has 0 bridgehead atoms. The number of hydrogen-bond donors (Lipinski definition) is 1. The number of para-hydroxylation sites is 2. The van der Waals surface area contributed by atoms with Gasteiger partial charge in [0.15, 0.2) is 0 Å². The Balaban J connectivity index is 1.96. The minimum atomic E-state index is -0.424. The number of carbonyl (C=O) groups excluding carboxylic acids is 2. The van der Waals surface area contributed by atoms with Crippen LogP contribution < -0.4 is 4.90 Å². The summed E-state index contributed by atoms with van der Waals surface area (Å²) in [5, 5.41) is 10.7. The summed E-state index contributed by atoms with van der Waals surface area (Å²) < 4.78 is 0. The van der Waals surface area contributed by atoms with E-state index in [1.54, 1.807) is 67.6 Å². The fourth-order valence-corrected chi connectivity index (χ4v) is 3.49. The SMILES string of the molecule is Cc1cccc(-c2cccc(Cl)c2N2C(=O)c3ccccc3C2=O)c1O. The standard InChI is InChI=1S/C21H14ClNO3/c1-12-6-4-10-14(19(12)24)13-9-5-11-17(22)18(13)23-20(25)15-7-2-3-8-16(15)21(23)26/h2-11,24H,1H3. The Labute approximate surface area is 155 Å². The number of halogens is 1. The third kappa shape index (κ3) is 2.30. The topological polar surface area (TPSA) is 57.6 Å². The molecule has 3 aromatic rings. The Morgan fingerprint density at radius 3 is 1.96 bits per heavy atom. The second-order valence-corrected chi connectivity index (χ2v) is 6.51. The second kappa shape index (κ2) is 6.00. The lowest BCUT2D eigenvalue weighted by molar-refractivity contribution is 0.0926. The molecule has 0 radical (unpaired) electrons. The van der Waals surface area contributed by atoms with E-state index in [-0.39, 0.29) is 16.5 Å². The van der Waals surface area contributed by atoms with E-state index >= 15 is 0 Å². The average Bonchev–Trinajstić information content (AvgIpc) is 2.89. The van der Waals surface area contributed by atoms with Gasteiger partial charge in [-0.15, -0.1) is 0 Å². The number of anilines is 1. The first-order chi connectivity index (χ1) is 12.5. The summed E-state index contributed by atoms with van der Waals surface area (Å²) in [5.74, 6) is -0.758. The summed E-state index contributed by atoms with van der Waals surface area (Å²) in [6, 6.07) is 17.1. The number of phenols is 1. The maximum atomic E-state index is 12.9. The highest BCUT2D eigenvalue weighted by atomic mass is 35.5. The molecule has 128 valence electrons. The zero-order valence-electron chi connectivity index (χ0n) is 13.9. The Hall–Kier alpha value is -3.11. The van der Waals surface area contributed by atoms with Gasteiger partial charge in [-0.05, 0) is 30.7 Å². The van der Waals surface area contributed by atoms with Crippen LogP contribution in [0.3, 0.4) is 0 Å². The summed E-state index contributed by atoms with van der Waals surface area (Å²) >= 11 is 6.40. The third-order valence-electron chi connectivity index (χ3n) is 4.53. The predicted octanol–water partition coefficient (Wildman–Crippen LogP) is 4.82. The zero-order chi connectivity index (χ0) is 18.4. The van der Waals surface area contributed by atoms with Crippen LogP contribution in [0.15, 0.2) is 60.7 Å². The van der Waals surface area contributed by atoms with Crippen LogP contribution >= 0.6 is 11.6 Å². The van der Waals surface area contributed by atoms with Crippen molar-refractivity contribution in [2.24, 2.45) is 0 Å². The molecule has 0 aliphatic carbocycles. The molecule has 4 rings (SSSR count). The van der Waals surface area contributed by atoms with Gasteiger partial charge in [-0.25, -0.2) is 4.90 Å². The number of nitrogens with zero attached hydrogens (tertiary/aromatic N) is 1. The first kappa shape index (κ1) is 16.4. The number of hydrogen-bond acceptors (Lipinski definition) is 3. The molecule has 0 atom stereocenters. The molecule has 1 aliphatic rings. The molecule has 4 nitrogen and oxygen atoms in total. The smallest absolute Gasteiger partial charge is 0.266 e. The van der Waals surface area contributed by atoms with E-state index in [0.29, 0.717) is 27.8 Å². The van der Waals surface area contributed by atoms with E-state index in [1.807, 2.05) is 0 Å². The molecule has 0 fully saturated rings. The number of aryl methyl sites for hydroxylation is 1. The minimum Gasteiger partial charge on any atom is -0.507 e. The second-order valence-electron chi connectivity index (χ2n) is 6.10. The molecule has 0 spiro atoms. The van der Waals surface area contributed by atoms with E-state index in [1.165, 1.54) is 0 Å². The monoisotopic (exact) mass is 363 g/mol. The van der Waals surface area contributed by atoms with Crippen molar-refractivity contribution in [3.05, 3.63) is 82.4 Å². The molecule has 3 aromatic carbocycles. The minimum absolute atomic E-state index is 0.0904. The van der Waals surface area contributed by atoms with Crippen molar-refractivity contribution in [1.29, 1.82) is 0 Å². The highest BCUT2D eigenvalue weighted by molar-refractivity contribution is 6.41. The lowest BCUT2D eigenvalue weighted by Gasteiger charge is -2.20. The summed E-state index contributed by atoms with van der Waals surface area (Å²) in [6.45, 7) is 1.78. The van der Waals surface area contributed by atoms with Crippen molar-refractivity contribution in [3.8, 4) is 16.9 Å². The van der Waals surface area contributed by atoms with E-state index in [4.69, 9.17) is 11.6 Å². The van der Waals surface area contributed by atoms with Gasteiger partial charge in [0.2, 0.25) is 0 Å². The first-order valence-electron chi connectivity index (χ1n) is 8.06. The number of phenolic OH excluding ortho intramolecular Hbond substituents is 1. The van der Waals surface area contributed by atoms with E-state index in [9.17, 15) is 14.7 Å². The van der Waals surface area contributed by atoms with E-state index < -0.39 is 11.8 Å². The van der Waals surface area contributed by atoms with Gasteiger partial charge in [0.25, 0.3) is 11.8 Å². The highest BCUT2D eigenvalue weighted by Gasteiger charge is 2.38. The Morgan fingerprint density at radius 2 is 1.31 bits per heavy atom. The fraction of sp³-hybridized carbons (Fsp3) is 0.0476. The molecule has 0 saturated carbocycles. The summed E-state index contributed by atoms with van der Waals surface area (Å²) in [5.41, 5.74) is 2.69. The Bertz CT molecular complexity index is 1040. The van der Waals surface area contributed by atoms with Crippen LogP contribution in [0.2, 0.25) is 5.02 Å². The van der Waals surface area contributed by atoms with Crippen LogP contribution in [0.4, 0.5) is 5.69 Å². The fourth-order valence-electron chi connectivity index (χ4n) is 3.23. The number of rotatable bonds is 2. The highest BCUT2D eigenvalue weighted by Crippen LogP contribution is 2.43. The van der Waals surface area contributed by atoms with Gasteiger partial charge in [-0.3, -0.25) is 9.59 Å². The van der Waals surface area contributed by atoms with Crippen LogP contribution in [0, 0.1) is 6.92 Å². The molecule has 0 aromatic heterocycles. The maximum absolute atomic E-state index is 12.9. The van der Waals surface area contributed by atoms with E-state index in [0.717, 1.165) is 4.90 Å². The average molecular weight is 364 g/mol. The third-order valence-corrected chi connectivity index (χ3v) is 4.84. The van der Waals surface area contributed by atoms with Gasteiger partial charge >= 0.3 is 0 Å². The predicted molar refractivity (Wildman–Crippen MR) is 101 cm³/mol. The van der Waals surface area contributed by atoms with Crippen molar-refractivity contribution in [3.63, 3.8) is 0 Å². The summed E-state index contributed by atoms with van der Waals surface area (Å²) in [6.07, 6.45) is 0.